The molecule has 5 heteroatoms. The molecule has 1 N–H and O–H groups in total. The van der Waals surface area contributed by atoms with Gasteiger partial charge in [0, 0.05) is 12.3 Å². The van der Waals surface area contributed by atoms with Crippen LogP contribution in [0, 0.1) is 47.3 Å². The number of terminal acetylenes is 1. The summed E-state index contributed by atoms with van der Waals surface area (Å²) in [5, 5.41) is 9.84. The van der Waals surface area contributed by atoms with Crippen molar-refractivity contribution < 1.29 is 24.2 Å². The molecule has 0 aliphatic heterocycles. The Labute approximate surface area is 223 Å². The number of hydrogen-bond donors (Lipinski definition) is 1. The minimum Gasteiger partial charge on any atom is -0.508 e. The van der Waals surface area contributed by atoms with Gasteiger partial charge in [-0.25, -0.2) is 4.79 Å². The first-order chi connectivity index (χ1) is 17.6. The first-order valence-electron chi connectivity index (χ1n) is 14.2. The molecule has 1 aromatic rings. The van der Waals surface area contributed by atoms with Gasteiger partial charge in [0.2, 0.25) is 0 Å². The van der Waals surface area contributed by atoms with Crippen LogP contribution in [0.3, 0.4) is 0 Å². The van der Waals surface area contributed by atoms with Crippen LogP contribution in [-0.4, -0.2) is 29.8 Å². The van der Waals surface area contributed by atoms with Crippen molar-refractivity contribution >= 4 is 11.9 Å². The summed E-state index contributed by atoms with van der Waals surface area (Å²) in [6, 6.07) is 6.37. The molecule has 2 saturated carbocycles. The van der Waals surface area contributed by atoms with Gasteiger partial charge in [-0.1, -0.05) is 53.0 Å². The van der Waals surface area contributed by atoms with Crippen LogP contribution >= 0.6 is 0 Å². The smallest absolute Gasteiger partial charge is 0.338 e. The van der Waals surface area contributed by atoms with Gasteiger partial charge in [0.15, 0.2) is 0 Å². The average molecular weight is 511 g/mol. The van der Waals surface area contributed by atoms with E-state index in [9.17, 15) is 14.7 Å². The van der Waals surface area contributed by atoms with Crippen molar-refractivity contribution in [2.45, 2.75) is 98.0 Å². The second-order valence-corrected chi connectivity index (χ2v) is 12.1. The second-order valence-electron chi connectivity index (χ2n) is 12.1. The number of carbonyl (C=O) groups is 2. The van der Waals surface area contributed by atoms with Crippen molar-refractivity contribution in [1.82, 2.24) is 0 Å². The molecule has 6 atom stereocenters. The molecule has 2 aliphatic carbocycles. The van der Waals surface area contributed by atoms with Crippen LogP contribution in [0.5, 0.6) is 5.75 Å². The highest BCUT2D eigenvalue weighted by molar-refractivity contribution is 5.90. The van der Waals surface area contributed by atoms with E-state index < -0.39 is 0 Å². The summed E-state index contributed by atoms with van der Waals surface area (Å²) in [6.07, 6.45) is 14.3. The van der Waals surface area contributed by atoms with Crippen LogP contribution in [0.4, 0.5) is 0 Å². The number of benzene rings is 1. The zero-order valence-corrected chi connectivity index (χ0v) is 23.2. The predicted octanol–water partition coefficient (Wildman–Crippen LogP) is 7.17. The van der Waals surface area contributed by atoms with Crippen LogP contribution in [0.15, 0.2) is 24.3 Å². The van der Waals surface area contributed by atoms with E-state index in [1.165, 1.54) is 25.3 Å². The fourth-order valence-corrected chi connectivity index (χ4v) is 7.16. The van der Waals surface area contributed by atoms with Gasteiger partial charge in [-0.2, -0.15) is 0 Å². The highest BCUT2D eigenvalue weighted by Crippen LogP contribution is 2.60. The quantitative estimate of drug-likeness (QED) is 0.238. The zero-order chi connectivity index (χ0) is 27.0. The lowest BCUT2D eigenvalue weighted by atomic mass is 9.58. The number of rotatable bonds is 12. The molecular weight excluding hydrogens is 464 g/mol. The molecule has 3 rings (SSSR count). The van der Waals surface area contributed by atoms with E-state index in [-0.39, 0.29) is 35.6 Å². The van der Waals surface area contributed by atoms with Crippen molar-refractivity contribution in [2.24, 2.45) is 35.0 Å². The van der Waals surface area contributed by atoms with E-state index in [0.29, 0.717) is 42.3 Å². The molecule has 0 bridgehead atoms. The molecule has 0 unspecified atom stereocenters. The van der Waals surface area contributed by atoms with Crippen LogP contribution < -0.4 is 0 Å². The fourth-order valence-electron chi connectivity index (χ4n) is 7.16. The van der Waals surface area contributed by atoms with Crippen molar-refractivity contribution in [3.63, 3.8) is 0 Å². The number of aromatic hydroxyl groups is 1. The lowest BCUT2D eigenvalue weighted by molar-refractivity contribution is -0.144. The Bertz CT molecular complexity index is 947. The number of hydrogen-bond acceptors (Lipinski definition) is 5. The number of phenolic OH excluding ortho intramolecular Hbond substituents is 1. The van der Waals surface area contributed by atoms with E-state index in [0.717, 1.165) is 38.0 Å². The van der Waals surface area contributed by atoms with Gasteiger partial charge in [-0.3, -0.25) is 4.79 Å². The Morgan fingerprint density at radius 1 is 1.22 bits per heavy atom. The van der Waals surface area contributed by atoms with Crippen LogP contribution in [0.25, 0.3) is 0 Å². The first kappa shape index (κ1) is 29.1. The van der Waals surface area contributed by atoms with Crippen molar-refractivity contribution in [3.05, 3.63) is 29.8 Å². The molecule has 5 nitrogen and oxygen atoms in total. The Hall–Kier alpha value is -2.48. The van der Waals surface area contributed by atoms with Gasteiger partial charge in [0.05, 0.1) is 18.6 Å². The maximum absolute atomic E-state index is 13.1. The van der Waals surface area contributed by atoms with Gasteiger partial charge in [-0.05, 0) is 79.4 Å². The molecule has 2 aliphatic rings. The molecule has 0 aromatic heterocycles. The van der Waals surface area contributed by atoms with Gasteiger partial charge in [0.25, 0.3) is 0 Å². The maximum Gasteiger partial charge on any atom is 0.338 e. The molecule has 2 fully saturated rings. The molecule has 204 valence electrons. The molecule has 0 radical (unpaired) electrons. The van der Waals surface area contributed by atoms with Crippen molar-refractivity contribution in [1.29, 1.82) is 0 Å². The summed E-state index contributed by atoms with van der Waals surface area (Å²) in [4.78, 5) is 25.0. The fraction of sp³-hybridized carbons (Fsp3) is 0.688. The van der Waals surface area contributed by atoms with E-state index in [1.54, 1.807) is 18.2 Å². The summed E-state index contributed by atoms with van der Waals surface area (Å²) in [5.74, 6) is 4.48. The molecule has 0 amide bonds. The average Bonchev–Trinajstić information content (AvgIpc) is 3.19. The third-order valence-electron chi connectivity index (χ3n) is 8.96. The standard InChI is InChI=1S/C32H46O5/c1-6-7-14-30(34)36-18-17-24-19-29(37-31(35)25-12-9-13-26(33)20-25)28-16-15-27(32(28,5)21-24)23(4)11-8-10-22(2)3/h1,9,12-13,20,22-24,27-29,33H,7-8,10-11,14-19,21H2,2-5H3/t23-,24+,27-,28+,29+,32-/m1/s1. The number of fused-ring (bicyclic) bond motifs is 1. The normalized spacial score (nSPS) is 27.8. The number of esters is 2. The lowest BCUT2D eigenvalue weighted by Gasteiger charge is -2.49. The molecule has 37 heavy (non-hydrogen) atoms. The Morgan fingerprint density at radius 2 is 2.00 bits per heavy atom. The van der Waals surface area contributed by atoms with Crippen LogP contribution in [0.2, 0.25) is 0 Å². The summed E-state index contributed by atoms with van der Waals surface area (Å²) in [6.45, 7) is 9.76. The van der Waals surface area contributed by atoms with Gasteiger partial charge < -0.3 is 14.6 Å². The largest absolute Gasteiger partial charge is 0.508 e. The molecule has 0 saturated heterocycles. The lowest BCUT2D eigenvalue weighted by Crippen LogP contribution is -2.46. The van der Waals surface area contributed by atoms with E-state index in [1.807, 2.05) is 0 Å². The van der Waals surface area contributed by atoms with E-state index in [4.69, 9.17) is 15.9 Å². The zero-order valence-electron chi connectivity index (χ0n) is 23.2. The summed E-state index contributed by atoms with van der Waals surface area (Å²) in [7, 11) is 0. The summed E-state index contributed by atoms with van der Waals surface area (Å²) < 4.78 is 11.7. The van der Waals surface area contributed by atoms with Gasteiger partial charge in [-0.15, -0.1) is 12.3 Å². The predicted molar refractivity (Wildman–Crippen MR) is 146 cm³/mol. The van der Waals surface area contributed by atoms with Gasteiger partial charge >= 0.3 is 11.9 Å². The summed E-state index contributed by atoms with van der Waals surface area (Å²) in [5.41, 5.74) is 0.458. The second kappa shape index (κ2) is 13.4. The minimum atomic E-state index is -0.377. The highest BCUT2D eigenvalue weighted by Gasteiger charge is 2.55. The SMILES string of the molecule is C#CCCC(=O)OCC[C@H]1C[C@H](OC(=O)c2cccc(O)c2)[C@@H]2CC[C@H]([C@H](C)CCCC(C)C)[C@@]2(C)C1. The third-order valence-corrected chi connectivity index (χ3v) is 8.96. The van der Waals surface area contributed by atoms with E-state index in [2.05, 4.69) is 33.6 Å². The Morgan fingerprint density at radius 3 is 2.70 bits per heavy atom. The first-order valence-corrected chi connectivity index (χ1v) is 14.2. The monoisotopic (exact) mass is 510 g/mol. The van der Waals surface area contributed by atoms with Gasteiger partial charge in [0.1, 0.15) is 11.9 Å². The summed E-state index contributed by atoms with van der Waals surface area (Å²) >= 11 is 0. The highest BCUT2D eigenvalue weighted by atomic mass is 16.5. The van der Waals surface area contributed by atoms with E-state index >= 15 is 0 Å². The molecule has 0 heterocycles. The number of carbonyl (C=O) groups excluding carboxylic acids is 2. The molecule has 1 aromatic carbocycles. The Kier molecular flexibility index (Phi) is 10.5. The molecule has 0 spiro atoms. The number of ether oxygens (including phenoxy) is 2. The van der Waals surface area contributed by atoms with Crippen molar-refractivity contribution in [2.75, 3.05) is 6.61 Å². The minimum absolute atomic E-state index is 0.0589. The van der Waals surface area contributed by atoms with Crippen LogP contribution in [-0.2, 0) is 14.3 Å². The third kappa shape index (κ3) is 7.76. The number of phenols is 1. The Balaban J connectivity index is 1.73. The maximum atomic E-state index is 13.1. The van der Waals surface area contributed by atoms with Crippen molar-refractivity contribution in [3.8, 4) is 18.1 Å². The topological polar surface area (TPSA) is 72.8 Å². The van der Waals surface area contributed by atoms with Crippen LogP contribution in [0.1, 0.15) is 102 Å². The molecular formula is C32H46O5.